The molecule has 0 aliphatic carbocycles. The van der Waals surface area contributed by atoms with Crippen LogP contribution < -0.4 is 11.5 Å². The summed E-state index contributed by atoms with van der Waals surface area (Å²) in [5, 5.41) is 0. The number of aromatic nitrogens is 2. The van der Waals surface area contributed by atoms with Crippen molar-refractivity contribution in [3.05, 3.63) is 29.6 Å². The van der Waals surface area contributed by atoms with Gasteiger partial charge in [0.1, 0.15) is 5.82 Å². The van der Waals surface area contributed by atoms with E-state index in [4.69, 9.17) is 11.5 Å². The molecule has 0 saturated heterocycles. The molecule has 0 aliphatic heterocycles. The van der Waals surface area contributed by atoms with Gasteiger partial charge in [-0.25, -0.2) is 4.98 Å². The van der Waals surface area contributed by atoms with Crippen LogP contribution in [0.5, 0.6) is 0 Å². The standard InChI is InChI=1S/C15H24N4/c1-10-18-12-9-11(5-6-13(12)19(10)4)14(17)15(2,3)7-8-16/h5-6,9,14H,7-8,16-17H2,1-4H3. The Kier molecular flexibility index (Phi) is 3.65. The Morgan fingerprint density at radius 3 is 2.68 bits per heavy atom. The molecule has 0 amide bonds. The van der Waals surface area contributed by atoms with E-state index in [0.29, 0.717) is 6.54 Å². The third-order valence-corrected chi connectivity index (χ3v) is 4.12. The lowest BCUT2D eigenvalue weighted by Crippen LogP contribution is -2.31. The van der Waals surface area contributed by atoms with Gasteiger partial charge in [-0.2, -0.15) is 0 Å². The molecule has 2 rings (SSSR count). The molecule has 0 fully saturated rings. The quantitative estimate of drug-likeness (QED) is 0.886. The van der Waals surface area contributed by atoms with Crippen molar-refractivity contribution in [2.24, 2.45) is 23.9 Å². The number of nitrogens with zero attached hydrogens (tertiary/aromatic N) is 2. The lowest BCUT2D eigenvalue weighted by molar-refractivity contribution is 0.271. The lowest BCUT2D eigenvalue weighted by atomic mass is 9.78. The molecule has 1 aromatic carbocycles. The van der Waals surface area contributed by atoms with Crippen molar-refractivity contribution in [3.63, 3.8) is 0 Å². The first-order valence-corrected chi connectivity index (χ1v) is 6.75. The molecule has 0 saturated carbocycles. The van der Waals surface area contributed by atoms with Crippen molar-refractivity contribution in [2.75, 3.05) is 6.54 Å². The second kappa shape index (κ2) is 4.94. The molecule has 2 aromatic rings. The summed E-state index contributed by atoms with van der Waals surface area (Å²) in [7, 11) is 2.03. The zero-order valence-electron chi connectivity index (χ0n) is 12.3. The van der Waals surface area contributed by atoms with Gasteiger partial charge in [0.25, 0.3) is 0 Å². The van der Waals surface area contributed by atoms with E-state index in [1.54, 1.807) is 0 Å². The van der Waals surface area contributed by atoms with Gasteiger partial charge in [0.15, 0.2) is 0 Å². The Bertz CT molecular complexity index is 583. The summed E-state index contributed by atoms with van der Waals surface area (Å²) in [5.74, 6) is 1.02. The number of benzene rings is 1. The highest BCUT2D eigenvalue weighted by Gasteiger charge is 2.27. The van der Waals surface area contributed by atoms with Crippen LogP contribution in [0, 0.1) is 12.3 Å². The highest BCUT2D eigenvalue weighted by atomic mass is 15.0. The van der Waals surface area contributed by atoms with Crippen LogP contribution in [0.1, 0.15) is 37.7 Å². The minimum Gasteiger partial charge on any atom is -0.331 e. The number of rotatable bonds is 4. The Hall–Kier alpha value is -1.39. The third kappa shape index (κ3) is 2.51. The van der Waals surface area contributed by atoms with Crippen LogP contribution in [-0.4, -0.2) is 16.1 Å². The molecule has 4 heteroatoms. The molecule has 1 atom stereocenters. The maximum absolute atomic E-state index is 6.40. The van der Waals surface area contributed by atoms with Crippen molar-refractivity contribution in [3.8, 4) is 0 Å². The molecule has 1 unspecified atom stereocenters. The highest BCUT2D eigenvalue weighted by Crippen LogP contribution is 2.35. The molecule has 4 N–H and O–H groups in total. The fourth-order valence-electron chi connectivity index (χ4n) is 2.51. The smallest absolute Gasteiger partial charge is 0.106 e. The lowest BCUT2D eigenvalue weighted by Gasteiger charge is -2.31. The second-order valence-electron chi connectivity index (χ2n) is 5.97. The van der Waals surface area contributed by atoms with Crippen LogP contribution in [0.3, 0.4) is 0 Å². The van der Waals surface area contributed by atoms with Gasteiger partial charge in [-0.1, -0.05) is 19.9 Å². The minimum atomic E-state index is -0.0252. The average molecular weight is 260 g/mol. The summed E-state index contributed by atoms with van der Waals surface area (Å²) in [6, 6.07) is 6.28. The first-order valence-electron chi connectivity index (χ1n) is 6.75. The monoisotopic (exact) mass is 260 g/mol. The molecule has 0 aliphatic rings. The highest BCUT2D eigenvalue weighted by molar-refractivity contribution is 5.77. The van der Waals surface area contributed by atoms with E-state index in [1.807, 2.05) is 14.0 Å². The van der Waals surface area contributed by atoms with Gasteiger partial charge in [-0.15, -0.1) is 0 Å². The molecule has 104 valence electrons. The summed E-state index contributed by atoms with van der Waals surface area (Å²) in [6.07, 6.45) is 0.910. The number of nitrogens with two attached hydrogens (primary N) is 2. The molecule has 19 heavy (non-hydrogen) atoms. The largest absolute Gasteiger partial charge is 0.331 e. The molecule has 0 bridgehead atoms. The second-order valence-corrected chi connectivity index (χ2v) is 5.97. The molecular formula is C15H24N4. The van der Waals surface area contributed by atoms with Crippen LogP contribution in [0.4, 0.5) is 0 Å². The van der Waals surface area contributed by atoms with E-state index in [0.717, 1.165) is 28.8 Å². The zero-order valence-corrected chi connectivity index (χ0v) is 12.3. The van der Waals surface area contributed by atoms with Crippen molar-refractivity contribution in [1.82, 2.24) is 9.55 Å². The molecule has 1 aromatic heterocycles. The van der Waals surface area contributed by atoms with E-state index in [-0.39, 0.29) is 11.5 Å². The Morgan fingerprint density at radius 2 is 2.05 bits per heavy atom. The third-order valence-electron chi connectivity index (χ3n) is 4.12. The number of imidazole rings is 1. The van der Waals surface area contributed by atoms with Crippen LogP contribution in [0.2, 0.25) is 0 Å². The van der Waals surface area contributed by atoms with Gasteiger partial charge in [0.05, 0.1) is 11.0 Å². The normalized spacial score (nSPS) is 14.0. The van der Waals surface area contributed by atoms with Gasteiger partial charge in [-0.3, -0.25) is 0 Å². The average Bonchev–Trinajstić information content (AvgIpc) is 2.63. The summed E-state index contributed by atoms with van der Waals surface area (Å²) in [5.41, 5.74) is 15.4. The fraction of sp³-hybridized carbons (Fsp3) is 0.533. The van der Waals surface area contributed by atoms with Gasteiger partial charge >= 0.3 is 0 Å². The summed E-state index contributed by atoms with van der Waals surface area (Å²) in [6.45, 7) is 7.00. The van der Waals surface area contributed by atoms with Gasteiger partial charge in [0, 0.05) is 13.1 Å². The van der Waals surface area contributed by atoms with Crippen LogP contribution in [0.15, 0.2) is 18.2 Å². The Morgan fingerprint density at radius 1 is 1.37 bits per heavy atom. The first-order chi connectivity index (χ1) is 8.86. The van der Waals surface area contributed by atoms with Crippen molar-refractivity contribution < 1.29 is 0 Å². The van der Waals surface area contributed by atoms with Gasteiger partial charge < -0.3 is 16.0 Å². The molecule has 0 spiro atoms. The van der Waals surface area contributed by atoms with Crippen LogP contribution in [0.25, 0.3) is 11.0 Å². The number of hydrogen-bond acceptors (Lipinski definition) is 3. The maximum Gasteiger partial charge on any atom is 0.106 e. The topological polar surface area (TPSA) is 69.9 Å². The number of hydrogen-bond donors (Lipinski definition) is 2. The van der Waals surface area contributed by atoms with E-state index in [1.165, 1.54) is 0 Å². The SMILES string of the molecule is Cc1nc2cc(C(N)C(C)(C)CCN)ccc2n1C. The zero-order chi connectivity index (χ0) is 14.2. The molecule has 0 radical (unpaired) electrons. The van der Waals surface area contributed by atoms with Crippen LogP contribution in [-0.2, 0) is 7.05 Å². The van der Waals surface area contributed by atoms with Crippen molar-refractivity contribution in [1.29, 1.82) is 0 Å². The van der Waals surface area contributed by atoms with Gasteiger partial charge in [0.2, 0.25) is 0 Å². The van der Waals surface area contributed by atoms with Crippen LogP contribution >= 0.6 is 0 Å². The predicted molar refractivity (Wildman–Crippen MR) is 79.8 cm³/mol. The van der Waals surface area contributed by atoms with Gasteiger partial charge in [-0.05, 0) is 43.0 Å². The Labute approximate surface area is 114 Å². The molecular weight excluding hydrogens is 236 g/mol. The first kappa shape index (κ1) is 14.0. The molecule has 1 heterocycles. The Balaban J connectivity index is 2.41. The maximum atomic E-state index is 6.40. The van der Waals surface area contributed by atoms with Crippen molar-refractivity contribution in [2.45, 2.75) is 33.2 Å². The van der Waals surface area contributed by atoms with E-state index in [2.05, 4.69) is 41.6 Å². The minimum absolute atomic E-state index is 0.00769. The van der Waals surface area contributed by atoms with Crippen molar-refractivity contribution >= 4 is 11.0 Å². The fourth-order valence-corrected chi connectivity index (χ4v) is 2.51. The van der Waals surface area contributed by atoms with E-state index >= 15 is 0 Å². The molecule has 4 nitrogen and oxygen atoms in total. The van der Waals surface area contributed by atoms with E-state index in [9.17, 15) is 0 Å². The summed E-state index contributed by atoms with van der Waals surface area (Å²) >= 11 is 0. The van der Waals surface area contributed by atoms with E-state index < -0.39 is 0 Å². The number of fused-ring (bicyclic) bond motifs is 1. The number of aryl methyl sites for hydroxylation is 2. The summed E-state index contributed by atoms with van der Waals surface area (Å²) < 4.78 is 2.09. The predicted octanol–water partition coefficient (Wildman–Crippen LogP) is 2.26. The summed E-state index contributed by atoms with van der Waals surface area (Å²) in [4.78, 5) is 4.57.